The lowest BCUT2D eigenvalue weighted by Gasteiger charge is -2.39. The van der Waals surface area contributed by atoms with Gasteiger partial charge in [-0.1, -0.05) is 117 Å². The van der Waals surface area contributed by atoms with Crippen LogP contribution in [0.15, 0.2) is 115 Å². The SMILES string of the molecule is CCC1=C[C@@](C)(CC)Nc2ccc(C(c3ccccc3)(c3ccccc3)c3ccccc3)cc21. The van der Waals surface area contributed by atoms with Crippen LogP contribution in [-0.2, 0) is 5.41 Å². The Labute approximate surface area is 204 Å². The molecule has 34 heavy (non-hydrogen) atoms. The van der Waals surface area contributed by atoms with E-state index in [0.29, 0.717) is 0 Å². The van der Waals surface area contributed by atoms with Crippen molar-refractivity contribution in [3.63, 3.8) is 0 Å². The standard InChI is InChI=1S/C33H33N/c1-4-25-24-32(3,5-2)34-31-22-21-29(23-30(25)31)33(26-15-9-6-10-16-26,27-17-11-7-12-18-27)28-19-13-8-14-20-28/h6-24,34H,4-5H2,1-3H3/t32-/m1/s1. The number of fused-ring (bicyclic) bond motifs is 1. The Balaban J connectivity index is 1.83. The zero-order chi connectivity index (χ0) is 23.6. The van der Waals surface area contributed by atoms with Crippen molar-refractivity contribution in [2.75, 3.05) is 5.32 Å². The zero-order valence-electron chi connectivity index (χ0n) is 20.4. The maximum Gasteiger partial charge on any atom is 0.0701 e. The van der Waals surface area contributed by atoms with Crippen molar-refractivity contribution < 1.29 is 0 Å². The normalized spacial score (nSPS) is 17.4. The van der Waals surface area contributed by atoms with Crippen LogP contribution in [0.4, 0.5) is 5.69 Å². The lowest BCUT2D eigenvalue weighted by Crippen LogP contribution is -2.35. The highest BCUT2D eigenvalue weighted by molar-refractivity contribution is 5.82. The highest BCUT2D eigenvalue weighted by Crippen LogP contribution is 2.47. The summed E-state index contributed by atoms with van der Waals surface area (Å²) in [5.41, 5.74) is 8.66. The fraction of sp³-hybridized carbons (Fsp3) is 0.212. The Bertz CT molecular complexity index is 1190. The monoisotopic (exact) mass is 443 g/mol. The molecule has 170 valence electrons. The van der Waals surface area contributed by atoms with Crippen LogP contribution in [0.2, 0.25) is 0 Å². The lowest BCUT2D eigenvalue weighted by atomic mass is 9.64. The molecule has 1 heteroatoms. The van der Waals surface area contributed by atoms with Crippen LogP contribution >= 0.6 is 0 Å². The maximum atomic E-state index is 3.81. The van der Waals surface area contributed by atoms with Crippen molar-refractivity contribution in [3.8, 4) is 0 Å². The molecule has 0 saturated carbocycles. The van der Waals surface area contributed by atoms with Crippen LogP contribution in [0.5, 0.6) is 0 Å². The molecular formula is C33H33N. The van der Waals surface area contributed by atoms with Crippen LogP contribution in [0.1, 0.15) is 61.4 Å². The molecular weight excluding hydrogens is 410 g/mol. The van der Waals surface area contributed by atoms with Gasteiger partial charge >= 0.3 is 0 Å². The minimum absolute atomic E-state index is 0.00472. The van der Waals surface area contributed by atoms with Crippen LogP contribution in [0.25, 0.3) is 5.57 Å². The summed E-state index contributed by atoms with van der Waals surface area (Å²) >= 11 is 0. The van der Waals surface area contributed by atoms with Gasteiger partial charge < -0.3 is 5.32 Å². The van der Waals surface area contributed by atoms with Crippen molar-refractivity contribution >= 4 is 11.3 Å². The van der Waals surface area contributed by atoms with Crippen molar-refractivity contribution in [1.82, 2.24) is 0 Å². The first kappa shape index (κ1) is 22.2. The van der Waals surface area contributed by atoms with E-state index in [2.05, 4.69) is 141 Å². The smallest absolute Gasteiger partial charge is 0.0701 e. The summed E-state index contributed by atoms with van der Waals surface area (Å²) < 4.78 is 0. The fourth-order valence-electron chi connectivity index (χ4n) is 5.51. The third-order valence-corrected chi connectivity index (χ3v) is 7.45. The summed E-state index contributed by atoms with van der Waals surface area (Å²) in [4.78, 5) is 0. The zero-order valence-corrected chi connectivity index (χ0v) is 20.4. The molecule has 0 fully saturated rings. The summed E-state index contributed by atoms with van der Waals surface area (Å²) in [7, 11) is 0. The number of hydrogen-bond acceptors (Lipinski definition) is 1. The second kappa shape index (κ2) is 8.99. The van der Waals surface area contributed by atoms with Gasteiger partial charge in [-0.05, 0) is 59.7 Å². The van der Waals surface area contributed by atoms with Crippen molar-refractivity contribution in [2.45, 2.75) is 44.6 Å². The van der Waals surface area contributed by atoms with Gasteiger partial charge in [0.1, 0.15) is 0 Å². The van der Waals surface area contributed by atoms with E-state index in [0.717, 1.165) is 12.8 Å². The predicted molar refractivity (Wildman–Crippen MR) is 145 cm³/mol. The maximum absolute atomic E-state index is 3.81. The topological polar surface area (TPSA) is 12.0 Å². The first-order valence-electron chi connectivity index (χ1n) is 12.4. The molecule has 1 heterocycles. The van der Waals surface area contributed by atoms with Gasteiger partial charge in [0.15, 0.2) is 0 Å². The first-order chi connectivity index (χ1) is 16.6. The highest BCUT2D eigenvalue weighted by atomic mass is 15.0. The summed E-state index contributed by atoms with van der Waals surface area (Å²) in [5, 5.41) is 3.81. The Hall–Kier alpha value is -3.58. The molecule has 0 spiro atoms. The van der Waals surface area contributed by atoms with E-state index in [-0.39, 0.29) is 5.54 Å². The summed E-state index contributed by atoms with van der Waals surface area (Å²) in [6.45, 7) is 6.81. The molecule has 1 N–H and O–H groups in total. The van der Waals surface area contributed by atoms with Crippen LogP contribution < -0.4 is 5.32 Å². The molecule has 0 aromatic heterocycles. The Kier molecular flexibility index (Phi) is 5.87. The molecule has 4 aromatic carbocycles. The minimum atomic E-state index is -0.414. The fourth-order valence-corrected chi connectivity index (χ4v) is 5.51. The third-order valence-electron chi connectivity index (χ3n) is 7.45. The van der Waals surface area contributed by atoms with E-state index in [1.54, 1.807) is 0 Å². The number of rotatable bonds is 6. The van der Waals surface area contributed by atoms with E-state index < -0.39 is 5.41 Å². The Morgan fingerprint density at radius 2 is 1.15 bits per heavy atom. The van der Waals surface area contributed by atoms with Crippen molar-refractivity contribution in [2.24, 2.45) is 0 Å². The van der Waals surface area contributed by atoms with Gasteiger partial charge in [0.05, 0.1) is 11.0 Å². The Morgan fingerprint density at radius 3 is 1.59 bits per heavy atom. The van der Waals surface area contributed by atoms with E-state index in [9.17, 15) is 0 Å². The lowest BCUT2D eigenvalue weighted by molar-refractivity contribution is 0.607. The molecule has 0 amide bonds. The minimum Gasteiger partial charge on any atom is -0.376 e. The molecule has 0 bridgehead atoms. The van der Waals surface area contributed by atoms with Gasteiger partial charge in [0.25, 0.3) is 0 Å². The summed E-state index contributed by atoms with van der Waals surface area (Å²) in [6, 6.07) is 39.9. The summed E-state index contributed by atoms with van der Waals surface area (Å²) in [5.74, 6) is 0. The highest BCUT2D eigenvalue weighted by Gasteiger charge is 2.39. The molecule has 1 atom stereocenters. The molecule has 5 rings (SSSR count). The molecule has 1 nitrogen and oxygen atoms in total. The number of benzene rings is 4. The molecule has 1 aliphatic heterocycles. The van der Waals surface area contributed by atoms with E-state index in [4.69, 9.17) is 0 Å². The average Bonchev–Trinajstić information content (AvgIpc) is 2.91. The molecule has 1 aliphatic rings. The van der Waals surface area contributed by atoms with Gasteiger partial charge in [-0.15, -0.1) is 0 Å². The predicted octanol–water partition coefficient (Wildman–Crippen LogP) is 8.46. The van der Waals surface area contributed by atoms with Crippen molar-refractivity contribution in [3.05, 3.63) is 143 Å². The van der Waals surface area contributed by atoms with Crippen LogP contribution in [-0.4, -0.2) is 5.54 Å². The number of hydrogen-bond donors (Lipinski definition) is 1. The van der Waals surface area contributed by atoms with Gasteiger partial charge in [0.2, 0.25) is 0 Å². The molecule has 0 radical (unpaired) electrons. The number of anilines is 1. The second-order valence-corrected chi connectivity index (χ2v) is 9.53. The van der Waals surface area contributed by atoms with Gasteiger partial charge in [-0.2, -0.15) is 0 Å². The van der Waals surface area contributed by atoms with E-state index >= 15 is 0 Å². The van der Waals surface area contributed by atoms with E-state index in [1.165, 1.54) is 39.1 Å². The molecule has 0 unspecified atom stereocenters. The Morgan fingerprint density at radius 1 is 0.647 bits per heavy atom. The quantitative estimate of drug-likeness (QED) is 0.295. The van der Waals surface area contributed by atoms with Gasteiger partial charge in [-0.3, -0.25) is 0 Å². The van der Waals surface area contributed by atoms with Gasteiger partial charge in [0, 0.05) is 11.3 Å². The third kappa shape index (κ3) is 3.66. The largest absolute Gasteiger partial charge is 0.376 e. The van der Waals surface area contributed by atoms with Crippen LogP contribution in [0, 0.1) is 0 Å². The van der Waals surface area contributed by atoms with Gasteiger partial charge in [-0.25, -0.2) is 0 Å². The summed E-state index contributed by atoms with van der Waals surface area (Å²) in [6.07, 6.45) is 4.51. The average molecular weight is 444 g/mol. The molecule has 0 saturated heterocycles. The number of nitrogens with one attached hydrogen (secondary N) is 1. The molecule has 0 aliphatic carbocycles. The van der Waals surface area contributed by atoms with E-state index in [1.807, 2.05) is 0 Å². The second-order valence-electron chi connectivity index (χ2n) is 9.53. The first-order valence-corrected chi connectivity index (χ1v) is 12.4. The van der Waals surface area contributed by atoms with Crippen LogP contribution in [0.3, 0.4) is 0 Å². The van der Waals surface area contributed by atoms with Crippen molar-refractivity contribution in [1.29, 1.82) is 0 Å². The number of allylic oxidation sites excluding steroid dienone is 1. The molecule has 4 aromatic rings.